The van der Waals surface area contributed by atoms with Gasteiger partial charge in [0, 0.05) is 76.8 Å². The van der Waals surface area contributed by atoms with Crippen molar-refractivity contribution in [2.75, 3.05) is 0 Å². The van der Waals surface area contributed by atoms with Gasteiger partial charge in [-0.05, 0) is 269 Å². The summed E-state index contributed by atoms with van der Waals surface area (Å²) in [5, 5.41) is 19.2. The maximum Gasteiger partial charge on any atom is 0.382 e. The molecule has 4 fully saturated rings. The van der Waals surface area contributed by atoms with Crippen LogP contribution in [0.3, 0.4) is 0 Å². The number of carboxylic acid groups (broad SMARTS) is 1. The van der Waals surface area contributed by atoms with Crippen LogP contribution >= 0.6 is 36.7 Å². The maximum absolute atomic E-state index is 10.9. The first-order valence-corrected chi connectivity index (χ1v) is 32.3. The van der Waals surface area contributed by atoms with Crippen molar-refractivity contribution < 1.29 is 24.1 Å². The van der Waals surface area contributed by atoms with E-state index >= 15 is 0 Å². The first-order chi connectivity index (χ1) is 45.6. The SMILES string of the molecule is CC(=S)OCc1ccc(C#Cc2ccc(C34CC5(c6ccc(C#Cc7ccc(COC(C)=S)cc7)cc6)CC(c6ccc(C#Cc7ccc(COC(C)=S)cc7)cc6)(C3)CC(c3ccc(C#Cc6ccc(N=Nc7ccc(C#CC(=O)O)cc7)cc6)cc3)(C4)C5)cc2)cc1. The summed E-state index contributed by atoms with van der Waals surface area (Å²) in [7, 11) is 0. The third-order valence-electron chi connectivity index (χ3n) is 18.0. The maximum atomic E-state index is 10.9. The molecule has 458 valence electrons. The van der Waals surface area contributed by atoms with Crippen molar-refractivity contribution in [3.8, 4) is 59.2 Å². The van der Waals surface area contributed by atoms with Gasteiger partial charge in [0.1, 0.15) is 19.8 Å². The molecule has 0 heterocycles. The Morgan fingerprint density at radius 3 is 0.723 bits per heavy atom. The Bertz CT molecular complexity index is 4370. The predicted molar refractivity (Wildman–Crippen MR) is 384 cm³/mol. The summed E-state index contributed by atoms with van der Waals surface area (Å²) >= 11 is 15.4. The number of ether oxygens (including phenoxy) is 3. The van der Waals surface area contributed by atoms with Gasteiger partial charge in [0.25, 0.3) is 0 Å². The zero-order valence-corrected chi connectivity index (χ0v) is 54.8. The van der Waals surface area contributed by atoms with E-state index in [9.17, 15) is 4.79 Å². The van der Waals surface area contributed by atoms with Crippen LogP contribution in [-0.4, -0.2) is 26.2 Å². The Morgan fingerprint density at radius 1 is 0.330 bits per heavy atom. The Labute approximate surface area is 567 Å². The van der Waals surface area contributed by atoms with Gasteiger partial charge in [0.2, 0.25) is 0 Å². The molecule has 1 N–H and O–H groups in total. The molecule has 4 aliphatic carbocycles. The molecule has 4 aliphatic rings. The minimum absolute atomic E-state index is 0.206. The highest BCUT2D eigenvalue weighted by Gasteiger charge is 2.69. The van der Waals surface area contributed by atoms with E-state index in [-0.39, 0.29) is 21.7 Å². The molecule has 4 bridgehead atoms. The quantitative estimate of drug-likeness (QED) is 0.0735. The molecule has 0 atom stereocenters. The topological polar surface area (TPSA) is 89.7 Å². The second-order valence-corrected chi connectivity index (χ2v) is 26.5. The van der Waals surface area contributed by atoms with Crippen LogP contribution in [0.2, 0.25) is 0 Å². The molecule has 4 saturated carbocycles. The van der Waals surface area contributed by atoms with E-state index in [2.05, 4.69) is 166 Å². The minimum atomic E-state index is -1.18. The zero-order valence-electron chi connectivity index (χ0n) is 52.3. The molecule has 9 aromatic carbocycles. The number of azo groups is 1. The summed E-state index contributed by atoms with van der Waals surface area (Å²) in [6.07, 6.45) is 5.98. The van der Waals surface area contributed by atoms with Crippen LogP contribution in [0.15, 0.2) is 229 Å². The van der Waals surface area contributed by atoms with Crippen LogP contribution in [0.1, 0.15) is 148 Å². The van der Waals surface area contributed by atoms with Gasteiger partial charge >= 0.3 is 5.97 Å². The molecule has 0 amide bonds. The van der Waals surface area contributed by atoms with Gasteiger partial charge in [-0.25, -0.2) is 4.79 Å². The third-order valence-corrected chi connectivity index (χ3v) is 18.3. The minimum Gasteiger partial charge on any atom is -0.483 e. The average Bonchev–Trinajstić information content (AvgIpc) is 0.667. The summed E-state index contributed by atoms with van der Waals surface area (Å²) in [5.74, 6) is 31.1. The van der Waals surface area contributed by atoms with Crippen molar-refractivity contribution >= 4 is 69.1 Å². The summed E-state index contributed by atoms with van der Waals surface area (Å²) in [6.45, 7) is 6.66. The zero-order chi connectivity index (χ0) is 65.1. The van der Waals surface area contributed by atoms with Crippen molar-refractivity contribution in [1.82, 2.24) is 0 Å². The van der Waals surface area contributed by atoms with Gasteiger partial charge in [0.05, 0.1) is 11.4 Å². The number of hydrogen-bond acceptors (Lipinski definition) is 9. The van der Waals surface area contributed by atoms with Gasteiger partial charge in [0.15, 0.2) is 15.2 Å². The Morgan fingerprint density at radius 2 is 0.521 bits per heavy atom. The van der Waals surface area contributed by atoms with Crippen LogP contribution < -0.4 is 0 Å². The lowest BCUT2D eigenvalue weighted by Gasteiger charge is -2.71. The molecule has 9 aromatic rings. The fraction of sp³-hybridized carbons (Fsp3) is 0.190. The molecular formula is C84H64N2O5S3. The first kappa shape index (κ1) is 63.7. The van der Waals surface area contributed by atoms with E-state index in [1.54, 1.807) is 45.0 Å². The largest absolute Gasteiger partial charge is 0.483 e. The van der Waals surface area contributed by atoms with Gasteiger partial charge in [-0.15, -0.1) is 0 Å². The first-order valence-electron chi connectivity index (χ1n) is 31.1. The van der Waals surface area contributed by atoms with Crippen molar-refractivity contribution in [2.24, 2.45) is 10.2 Å². The molecule has 0 spiro atoms. The standard InChI is InChI=1S/C84H64N2O5S3/c1-59(92)89-50-71-18-12-62(13-19-71)4-7-65-24-37-74(38-25-65)81-53-82(75-39-26-66(27-40-75)8-5-63-14-20-72(21-15-63)51-90-60(2)93)55-83(54-81,76-41-28-67(29-42-76)9-6-64-16-22-73(23-17-64)52-91-61(3)94)58-84(56-81,57-82)77-43-30-68(31-44-77)10-11-69-32-45-78(46-33-69)85-86-79-47-34-70(35-48-79)36-49-80(87)88/h12-35,37-48H,50-58H2,1-3H3,(H,87,88). The molecule has 0 aliphatic heterocycles. The monoisotopic (exact) mass is 1280 g/mol. The summed E-state index contributed by atoms with van der Waals surface area (Å²) in [4.78, 5) is 10.9. The predicted octanol–water partition coefficient (Wildman–Crippen LogP) is 18.2. The number of hydrogen-bond donors (Lipinski definition) is 1. The highest BCUT2D eigenvalue weighted by Crippen LogP contribution is 2.75. The number of benzene rings is 9. The number of carbonyl (C=O) groups is 1. The summed E-state index contributed by atoms with van der Waals surface area (Å²) < 4.78 is 16.7. The molecular weight excluding hydrogens is 1210 g/mol. The molecule has 13 rings (SSSR count). The van der Waals surface area contributed by atoms with E-state index in [1.807, 2.05) is 97.1 Å². The van der Waals surface area contributed by atoms with Crippen LogP contribution in [0.4, 0.5) is 11.4 Å². The lowest BCUT2D eigenvalue weighted by molar-refractivity contribution is -0.130. The van der Waals surface area contributed by atoms with E-state index < -0.39 is 5.97 Å². The number of aliphatic carboxylic acids is 1. The number of thiocarbonyl (C=S) groups is 3. The summed E-state index contributed by atoms with van der Waals surface area (Å²) in [5.41, 5.74) is 17.0. The van der Waals surface area contributed by atoms with Gasteiger partial charge < -0.3 is 19.3 Å². The van der Waals surface area contributed by atoms with Gasteiger partial charge in [-0.2, -0.15) is 10.2 Å². The fourth-order valence-electron chi connectivity index (χ4n) is 14.1. The van der Waals surface area contributed by atoms with Crippen LogP contribution in [-0.2, 0) is 60.5 Å². The number of carboxylic acids is 1. The van der Waals surface area contributed by atoms with Gasteiger partial charge in [-0.3, -0.25) is 0 Å². The van der Waals surface area contributed by atoms with E-state index in [0.29, 0.717) is 51.9 Å². The van der Waals surface area contributed by atoms with Crippen LogP contribution in [0.25, 0.3) is 0 Å². The normalized spacial score (nSPS) is 18.6. The molecule has 0 saturated heterocycles. The molecule has 94 heavy (non-hydrogen) atoms. The molecule has 7 nitrogen and oxygen atoms in total. The van der Waals surface area contributed by atoms with E-state index in [0.717, 1.165) is 99.7 Å². The summed E-state index contributed by atoms with van der Waals surface area (Å²) in [6, 6.07) is 75.7. The highest BCUT2D eigenvalue weighted by molar-refractivity contribution is 7.80. The van der Waals surface area contributed by atoms with Crippen molar-refractivity contribution in [2.45, 2.75) is 101 Å². The second kappa shape index (κ2) is 28.2. The molecule has 0 radical (unpaired) electrons. The Balaban J connectivity index is 0.890. The van der Waals surface area contributed by atoms with E-state index in [1.165, 1.54) is 22.3 Å². The third kappa shape index (κ3) is 15.5. The molecule has 0 unspecified atom stereocenters. The average molecular weight is 1280 g/mol. The van der Waals surface area contributed by atoms with Crippen molar-refractivity contribution in [1.29, 1.82) is 0 Å². The smallest absolute Gasteiger partial charge is 0.382 e. The van der Waals surface area contributed by atoms with Crippen molar-refractivity contribution in [3.63, 3.8) is 0 Å². The van der Waals surface area contributed by atoms with Gasteiger partial charge in [-0.1, -0.05) is 138 Å². The Hall–Kier alpha value is -10.5. The van der Waals surface area contributed by atoms with Crippen molar-refractivity contribution in [3.05, 3.63) is 307 Å². The highest BCUT2D eigenvalue weighted by atomic mass is 32.1. The molecule has 0 aromatic heterocycles. The van der Waals surface area contributed by atoms with Crippen LogP contribution in [0.5, 0.6) is 0 Å². The second-order valence-electron chi connectivity index (χ2n) is 24.8. The van der Waals surface area contributed by atoms with Crippen LogP contribution in [0, 0.1) is 59.2 Å². The number of rotatable bonds is 12. The van der Waals surface area contributed by atoms with E-state index in [4.69, 9.17) is 56.0 Å². The lowest BCUT2D eigenvalue weighted by Crippen LogP contribution is -2.67. The Kier molecular flexibility index (Phi) is 19.1. The molecule has 10 heteroatoms. The lowest BCUT2D eigenvalue weighted by atomic mass is 9.32. The fourth-order valence-corrected chi connectivity index (χ4v) is 14.3. The number of nitrogens with zero attached hydrogens (tertiary/aromatic N) is 2.